The van der Waals surface area contributed by atoms with Crippen molar-refractivity contribution in [3.05, 3.63) is 51.9 Å². The molecule has 2 N–H and O–H groups in total. The number of halogens is 2. The van der Waals surface area contributed by atoms with Crippen LogP contribution in [0, 0.1) is 16.7 Å². The fourth-order valence-corrected chi connectivity index (χ4v) is 4.57. The van der Waals surface area contributed by atoms with Gasteiger partial charge in [0.25, 0.3) is 0 Å². The Balaban J connectivity index is 1.49. The average molecular weight is 484 g/mol. The van der Waals surface area contributed by atoms with Crippen molar-refractivity contribution in [2.45, 2.75) is 32.5 Å². The van der Waals surface area contributed by atoms with Gasteiger partial charge in [0, 0.05) is 23.0 Å². The number of ether oxygens (including phenoxy) is 1. The van der Waals surface area contributed by atoms with E-state index in [2.05, 4.69) is 21.1 Å². The number of nitrogens with two attached hydrogens (primary N) is 1. The Morgan fingerprint density at radius 3 is 2.79 bits per heavy atom. The molecule has 1 aliphatic heterocycles. The second-order valence-electron chi connectivity index (χ2n) is 8.09. The summed E-state index contributed by atoms with van der Waals surface area (Å²) in [5.41, 5.74) is 7.48. The van der Waals surface area contributed by atoms with Crippen LogP contribution >= 0.6 is 23.2 Å². The minimum absolute atomic E-state index is 0.0629. The quantitative estimate of drug-likeness (QED) is 0.569. The lowest BCUT2D eigenvalue weighted by Crippen LogP contribution is -2.32. The smallest absolute Gasteiger partial charge is 0.243 e. The maximum absolute atomic E-state index is 12.9. The molecular formula is C22H19Cl2N7O2. The van der Waals surface area contributed by atoms with Crippen LogP contribution in [0.5, 0.6) is 5.75 Å². The van der Waals surface area contributed by atoms with E-state index in [0.717, 1.165) is 5.56 Å². The summed E-state index contributed by atoms with van der Waals surface area (Å²) in [5, 5.41) is 14.4. The molecule has 0 bridgehead atoms. The van der Waals surface area contributed by atoms with Gasteiger partial charge in [0.2, 0.25) is 11.9 Å². The van der Waals surface area contributed by atoms with Gasteiger partial charge >= 0.3 is 0 Å². The van der Waals surface area contributed by atoms with Crippen molar-refractivity contribution in [3.8, 4) is 23.1 Å². The molecule has 0 unspecified atom stereocenters. The van der Waals surface area contributed by atoms with Gasteiger partial charge in [-0.05, 0) is 31.0 Å². The first-order valence-corrected chi connectivity index (χ1v) is 11.1. The fraction of sp³-hybridized carbons (Fsp3) is 0.318. The molecule has 1 aromatic carbocycles. The minimum Gasteiger partial charge on any atom is -0.491 e. The number of nitrogen functional groups attached to an aromatic ring is 1. The van der Waals surface area contributed by atoms with Gasteiger partial charge in [0.05, 0.1) is 47.7 Å². The summed E-state index contributed by atoms with van der Waals surface area (Å²) in [6.07, 6.45) is 4.69. The second kappa shape index (κ2) is 8.21. The van der Waals surface area contributed by atoms with E-state index in [0.29, 0.717) is 58.7 Å². The summed E-state index contributed by atoms with van der Waals surface area (Å²) in [6.45, 7) is 1.37. The molecule has 1 saturated carbocycles. The number of hydrogen-bond donors (Lipinski definition) is 1. The second-order valence-corrected chi connectivity index (χ2v) is 8.93. The SMILES string of the molecule is N#CC1(C(=O)N2Cc3nc(N)nc(-c4c(Cl)cc(Cl)cc4OCCn4cccn4)c3C2)CC1. The highest BCUT2D eigenvalue weighted by Gasteiger charge is 2.53. The third-order valence-corrected chi connectivity index (χ3v) is 6.37. The van der Waals surface area contributed by atoms with Gasteiger partial charge in [-0.15, -0.1) is 0 Å². The molecule has 0 spiro atoms. The van der Waals surface area contributed by atoms with E-state index < -0.39 is 5.41 Å². The molecule has 5 rings (SSSR count). The van der Waals surface area contributed by atoms with Crippen LogP contribution in [0.25, 0.3) is 11.3 Å². The molecule has 9 nitrogen and oxygen atoms in total. The lowest BCUT2D eigenvalue weighted by molar-refractivity contribution is -0.135. The molecule has 1 fully saturated rings. The predicted molar refractivity (Wildman–Crippen MR) is 121 cm³/mol. The number of carbonyl (C=O) groups is 1. The largest absolute Gasteiger partial charge is 0.491 e. The van der Waals surface area contributed by atoms with Crippen molar-refractivity contribution in [3.63, 3.8) is 0 Å². The van der Waals surface area contributed by atoms with Crippen LogP contribution in [-0.4, -0.2) is 37.2 Å². The number of nitrogens with zero attached hydrogens (tertiary/aromatic N) is 6. The maximum atomic E-state index is 12.9. The zero-order valence-corrected chi connectivity index (χ0v) is 19.0. The van der Waals surface area contributed by atoms with Crippen molar-refractivity contribution in [1.82, 2.24) is 24.6 Å². The summed E-state index contributed by atoms with van der Waals surface area (Å²) < 4.78 is 7.78. The van der Waals surface area contributed by atoms with Gasteiger partial charge in [0.15, 0.2) is 0 Å². The monoisotopic (exact) mass is 483 g/mol. The van der Waals surface area contributed by atoms with E-state index in [1.165, 1.54) is 0 Å². The summed E-state index contributed by atoms with van der Waals surface area (Å²) in [6, 6.07) is 7.27. The Morgan fingerprint density at radius 2 is 2.09 bits per heavy atom. The topological polar surface area (TPSA) is 123 Å². The standard InChI is InChI=1S/C22H19Cl2N7O2/c23-13-8-15(24)18(17(9-13)33-7-6-31-5-1-4-27-31)19-14-10-30(11-16(14)28-21(26)29-19)20(32)22(12-25)2-3-22/h1,4-5,8-9H,2-3,6-7,10-11H2,(H2,26,28,29). The molecule has 33 heavy (non-hydrogen) atoms. The molecule has 1 amide bonds. The van der Waals surface area contributed by atoms with Crippen LogP contribution in [-0.2, 0) is 24.4 Å². The van der Waals surface area contributed by atoms with Crippen molar-refractivity contribution in [2.24, 2.45) is 5.41 Å². The van der Waals surface area contributed by atoms with Crippen molar-refractivity contribution >= 4 is 35.1 Å². The predicted octanol–water partition coefficient (Wildman–Crippen LogP) is 3.45. The third kappa shape index (κ3) is 3.96. The molecule has 168 valence electrons. The zero-order chi connectivity index (χ0) is 23.2. The Hall–Kier alpha value is -3.35. The Morgan fingerprint density at radius 1 is 1.27 bits per heavy atom. The van der Waals surface area contributed by atoms with Gasteiger partial charge in [-0.2, -0.15) is 10.4 Å². The van der Waals surface area contributed by atoms with Crippen molar-refractivity contribution < 1.29 is 9.53 Å². The van der Waals surface area contributed by atoms with Crippen molar-refractivity contribution in [1.29, 1.82) is 5.26 Å². The first-order chi connectivity index (χ1) is 15.9. The van der Waals surface area contributed by atoms with Gasteiger partial charge in [-0.3, -0.25) is 9.48 Å². The number of carbonyl (C=O) groups excluding carboxylic acids is 1. The van der Waals surface area contributed by atoms with Gasteiger partial charge in [-0.1, -0.05) is 23.2 Å². The number of benzene rings is 1. The van der Waals surface area contributed by atoms with E-state index in [4.69, 9.17) is 33.7 Å². The van der Waals surface area contributed by atoms with Crippen LogP contribution in [0.3, 0.4) is 0 Å². The number of fused-ring (bicyclic) bond motifs is 1. The van der Waals surface area contributed by atoms with E-state index in [-0.39, 0.29) is 24.9 Å². The van der Waals surface area contributed by atoms with Crippen LogP contribution in [0.4, 0.5) is 5.95 Å². The molecule has 3 aromatic rings. The highest BCUT2D eigenvalue weighted by molar-refractivity contribution is 6.37. The van der Waals surface area contributed by atoms with E-state index in [1.807, 2.05) is 12.3 Å². The first kappa shape index (κ1) is 21.5. The molecule has 3 heterocycles. The zero-order valence-electron chi connectivity index (χ0n) is 17.5. The summed E-state index contributed by atoms with van der Waals surface area (Å²) in [4.78, 5) is 23.4. The van der Waals surface area contributed by atoms with Gasteiger partial charge in [-0.25, -0.2) is 9.97 Å². The number of rotatable bonds is 6. The molecule has 11 heteroatoms. The summed E-state index contributed by atoms with van der Waals surface area (Å²) in [7, 11) is 0. The van der Waals surface area contributed by atoms with Crippen LogP contribution in [0.15, 0.2) is 30.6 Å². The summed E-state index contributed by atoms with van der Waals surface area (Å²) >= 11 is 12.9. The summed E-state index contributed by atoms with van der Waals surface area (Å²) in [5.74, 6) is 0.318. The van der Waals surface area contributed by atoms with Crippen LogP contribution in [0.1, 0.15) is 24.1 Å². The van der Waals surface area contributed by atoms with Gasteiger partial charge in [0.1, 0.15) is 17.8 Å². The number of hydrogen-bond acceptors (Lipinski definition) is 7. The molecule has 0 radical (unpaired) electrons. The molecule has 0 saturated heterocycles. The van der Waals surface area contributed by atoms with E-state index in [1.54, 1.807) is 27.9 Å². The van der Waals surface area contributed by atoms with E-state index in [9.17, 15) is 10.1 Å². The molecule has 0 atom stereocenters. The highest BCUT2D eigenvalue weighted by atomic mass is 35.5. The number of nitriles is 1. The fourth-order valence-electron chi connectivity index (χ4n) is 4.00. The number of anilines is 1. The Bertz CT molecular complexity index is 1280. The Labute approximate surface area is 199 Å². The molecule has 1 aliphatic carbocycles. The third-order valence-electron chi connectivity index (χ3n) is 5.85. The Kier molecular flexibility index (Phi) is 5.35. The van der Waals surface area contributed by atoms with E-state index >= 15 is 0 Å². The maximum Gasteiger partial charge on any atom is 0.243 e. The molecular weight excluding hydrogens is 465 g/mol. The molecule has 2 aliphatic rings. The minimum atomic E-state index is -0.917. The van der Waals surface area contributed by atoms with Crippen LogP contribution in [0.2, 0.25) is 10.0 Å². The molecule has 2 aromatic heterocycles. The lowest BCUT2D eigenvalue weighted by Gasteiger charge is -2.18. The highest BCUT2D eigenvalue weighted by Crippen LogP contribution is 2.48. The first-order valence-electron chi connectivity index (χ1n) is 10.4. The van der Waals surface area contributed by atoms with Crippen LogP contribution < -0.4 is 10.5 Å². The lowest BCUT2D eigenvalue weighted by atomic mass is 10.0. The number of aromatic nitrogens is 4. The van der Waals surface area contributed by atoms with Crippen molar-refractivity contribution in [2.75, 3.05) is 12.3 Å². The average Bonchev–Trinajstić information content (AvgIpc) is 3.18. The van der Waals surface area contributed by atoms with Gasteiger partial charge < -0.3 is 15.4 Å². The number of amides is 1. The normalized spacial score (nSPS) is 15.7.